The first kappa shape index (κ1) is 38.2. The topological polar surface area (TPSA) is 55.4 Å². The molecule has 0 amide bonds. The first-order valence-corrected chi connectivity index (χ1v) is 19.1. The highest BCUT2D eigenvalue weighted by Crippen LogP contribution is 2.39. The van der Waals surface area contributed by atoms with Gasteiger partial charge in [0.1, 0.15) is 36.3 Å². The first-order chi connectivity index (χ1) is 27.1. The van der Waals surface area contributed by atoms with Gasteiger partial charge in [0.05, 0.1) is 40.1 Å². The summed E-state index contributed by atoms with van der Waals surface area (Å²) in [6, 6.07) is 55.9. The van der Waals surface area contributed by atoms with Crippen molar-refractivity contribution in [1.29, 1.82) is 0 Å². The predicted molar refractivity (Wildman–Crippen MR) is 216 cm³/mol. The number of hydrogen-bond donors (Lipinski definition) is 0. The second-order valence-corrected chi connectivity index (χ2v) is 14.1. The zero-order chi connectivity index (χ0) is 37.7. The molecule has 6 heteroatoms. The van der Waals surface area contributed by atoms with Gasteiger partial charge >= 0.3 is 0 Å². The van der Waals surface area contributed by atoms with Crippen molar-refractivity contribution in [3.8, 4) is 5.75 Å². The zero-order valence-electron chi connectivity index (χ0n) is 31.7. The van der Waals surface area contributed by atoms with E-state index in [-0.39, 0.29) is 0 Å². The average molecular weight is 735 g/mol. The molecule has 0 aromatic heterocycles. The van der Waals surface area contributed by atoms with Gasteiger partial charge in [0, 0.05) is 0 Å². The summed E-state index contributed by atoms with van der Waals surface area (Å²) in [6.07, 6.45) is -1.66. The number of aryl methyl sites for hydroxylation is 1. The van der Waals surface area contributed by atoms with Crippen molar-refractivity contribution in [3.63, 3.8) is 0 Å². The molecule has 0 radical (unpaired) electrons. The summed E-state index contributed by atoms with van der Waals surface area (Å²) in [5.74, 6) is 0.842. The molecule has 1 fully saturated rings. The van der Waals surface area contributed by atoms with Crippen molar-refractivity contribution in [2.75, 3.05) is 13.7 Å². The van der Waals surface area contributed by atoms with E-state index in [1.54, 1.807) is 7.11 Å². The number of rotatable bonds is 17. The van der Waals surface area contributed by atoms with Gasteiger partial charge in [0.25, 0.3) is 0 Å². The Labute approximate surface area is 325 Å². The Kier molecular flexibility index (Phi) is 13.5. The largest absolute Gasteiger partial charge is 0.497 e. The van der Waals surface area contributed by atoms with Gasteiger partial charge in [-0.2, -0.15) is 0 Å². The van der Waals surface area contributed by atoms with Gasteiger partial charge in [-0.25, -0.2) is 0 Å². The second kappa shape index (κ2) is 19.5. The smallest absolute Gasteiger partial charge is 0.118 e. The van der Waals surface area contributed by atoms with Crippen molar-refractivity contribution in [2.24, 2.45) is 0 Å². The molecule has 0 unspecified atom stereocenters. The van der Waals surface area contributed by atoms with Crippen LogP contribution in [0.25, 0.3) is 0 Å². The van der Waals surface area contributed by atoms with E-state index in [9.17, 15) is 0 Å². The molecule has 6 aromatic rings. The molecule has 1 heterocycles. The first-order valence-electron chi connectivity index (χ1n) is 19.1. The minimum absolute atomic E-state index is 0.312. The third-order valence-corrected chi connectivity index (χ3v) is 10.1. The van der Waals surface area contributed by atoms with E-state index in [2.05, 4.69) is 85.8 Å². The highest BCUT2D eigenvalue weighted by molar-refractivity contribution is 5.38. The van der Waals surface area contributed by atoms with Gasteiger partial charge in [0.2, 0.25) is 0 Å². The van der Waals surface area contributed by atoms with Crippen molar-refractivity contribution in [1.82, 2.24) is 0 Å². The molecule has 55 heavy (non-hydrogen) atoms. The lowest BCUT2D eigenvalue weighted by Gasteiger charge is -2.46. The SMILES string of the molecule is COc1ccc(Cc2cc([C@@H]3O[C@H](COCc4ccccc4)[C@@H](OCc4ccccc4)[C@H](OCc4ccccc4)[C@H]3OCc3ccccc3)ccc2C)cc1. The molecule has 1 aliphatic heterocycles. The number of ether oxygens (including phenoxy) is 6. The maximum absolute atomic E-state index is 7.20. The lowest BCUT2D eigenvalue weighted by molar-refractivity contribution is -0.275. The molecule has 0 saturated carbocycles. The average Bonchev–Trinajstić information content (AvgIpc) is 3.24. The number of benzene rings is 6. The minimum Gasteiger partial charge on any atom is -0.497 e. The summed E-state index contributed by atoms with van der Waals surface area (Å²) >= 11 is 0. The van der Waals surface area contributed by atoms with E-state index < -0.39 is 30.5 Å². The van der Waals surface area contributed by atoms with Crippen molar-refractivity contribution >= 4 is 0 Å². The zero-order valence-corrected chi connectivity index (χ0v) is 31.7. The molecule has 1 saturated heterocycles. The second-order valence-electron chi connectivity index (χ2n) is 14.1. The molecule has 6 aromatic carbocycles. The Hall–Kier alpha value is -5.08. The van der Waals surface area contributed by atoms with Crippen molar-refractivity contribution in [3.05, 3.63) is 208 Å². The van der Waals surface area contributed by atoms with Crippen LogP contribution in [-0.2, 0) is 56.5 Å². The van der Waals surface area contributed by atoms with E-state index in [4.69, 9.17) is 28.4 Å². The van der Waals surface area contributed by atoms with Gasteiger partial charge in [-0.05, 0) is 70.0 Å². The Morgan fingerprint density at radius 3 is 1.51 bits per heavy atom. The summed E-state index contributed by atoms with van der Waals surface area (Å²) in [5, 5.41) is 0. The van der Waals surface area contributed by atoms with Gasteiger partial charge in [0.15, 0.2) is 0 Å². The minimum atomic E-state index is -0.508. The van der Waals surface area contributed by atoms with Gasteiger partial charge in [-0.3, -0.25) is 0 Å². The summed E-state index contributed by atoms with van der Waals surface area (Å²) in [6.45, 7) is 4.10. The summed E-state index contributed by atoms with van der Waals surface area (Å²) in [7, 11) is 1.69. The summed E-state index contributed by atoms with van der Waals surface area (Å²) < 4.78 is 39.9. The predicted octanol–water partition coefficient (Wildman–Crippen LogP) is 10.0. The maximum atomic E-state index is 7.20. The molecular weight excluding hydrogens is 685 g/mol. The van der Waals surface area contributed by atoms with Crippen molar-refractivity contribution in [2.45, 2.75) is 70.3 Å². The Balaban J connectivity index is 1.25. The van der Waals surface area contributed by atoms with Crippen molar-refractivity contribution < 1.29 is 28.4 Å². The fraction of sp³-hybridized carbons (Fsp3) is 0.265. The molecule has 0 aliphatic carbocycles. The highest BCUT2D eigenvalue weighted by atomic mass is 16.6. The molecular formula is C49H50O6. The molecule has 7 rings (SSSR count). The Bertz CT molecular complexity index is 2000. The monoisotopic (exact) mass is 734 g/mol. The molecule has 6 nitrogen and oxygen atoms in total. The third-order valence-electron chi connectivity index (χ3n) is 10.1. The normalized spacial score (nSPS) is 19.6. The van der Waals surface area contributed by atoms with Crippen LogP contribution in [0.15, 0.2) is 164 Å². The maximum Gasteiger partial charge on any atom is 0.118 e. The number of methoxy groups -OCH3 is 1. The van der Waals surface area contributed by atoms with E-state index in [1.807, 2.05) is 84.9 Å². The van der Waals surface area contributed by atoms with Gasteiger partial charge < -0.3 is 28.4 Å². The molecule has 0 spiro atoms. The van der Waals surface area contributed by atoms with Crippen LogP contribution >= 0.6 is 0 Å². The lowest BCUT2D eigenvalue weighted by Crippen LogP contribution is -2.58. The van der Waals surface area contributed by atoms with Crippen LogP contribution < -0.4 is 4.74 Å². The molecule has 1 aliphatic rings. The fourth-order valence-corrected chi connectivity index (χ4v) is 7.08. The van der Waals surface area contributed by atoms with Crippen LogP contribution in [0.4, 0.5) is 0 Å². The van der Waals surface area contributed by atoms with Crippen LogP contribution in [0, 0.1) is 6.92 Å². The lowest BCUT2D eigenvalue weighted by atomic mass is 9.88. The van der Waals surface area contributed by atoms with Gasteiger partial charge in [-0.15, -0.1) is 0 Å². The number of hydrogen-bond acceptors (Lipinski definition) is 6. The fourth-order valence-electron chi connectivity index (χ4n) is 7.08. The van der Waals surface area contributed by atoms with Crippen LogP contribution in [0.2, 0.25) is 0 Å². The van der Waals surface area contributed by atoms with Crippen LogP contribution in [-0.4, -0.2) is 38.1 Å². The quantitative estimate of drug-likeness (QED) is 0.0930. The van der Waals surface area contributed by atoms with Gasteiger partial charge in [-0.1, -0.05) is 152 Å². The van der Waals surface area contributed by atoms with E-state index in [0.717, 1.165) is 40.0 Å². The van der Waals surface area contributed by atoms with E-state index in [0.29, 0.717) is 33.0 Å². The third kappa shape index (κ3) is 10.6. The molecule has 282 valence electrons. The van der Waals surface area contributed by atoms with E-state index in [1.165, 1.54) is 16.7 Å². The Morgan fingerprint density at radius 1 is 0.491 bits per heavy atom. The standard InChI is InChI=1S/C49H50O6/c1-36-23-26-42(30-43(36)29-37-24-27-44(50-2)28-25-37)46-48(53-33-40-19-11-5-12-20-40)49(54-34-41-21-13-6-14-22-41)47(52-32-39-17-9-4-10-18-39)45(55-46)35-51-31-38-15-7-3-8-16-38/h3-28,30,45-49H,29,31-35H2,1-2H3/t45-,46+,47-,48+,49+/m1/s1. The molecule has 0 bridgehead atoms. The summed E-state index contributed by atoms with van der Waals surface area (Å²) in [5.41, 5.74) is 8.96. The Morgan fingerprint density at radius 2 is 0.982 bits per heavy atom. The van der Waals surface area contributed by atoms with Crippen LogP contribution in [0.3, 0.4) is 0 Å². The van der Waals surface area contributed by atoms with Crippen LogP contribution in [0.1, 0.15) is 50.6 Å². The van der Waals surface area contributed by atoms with Crippen LogP contribution in [0.5, 0.6) is 5.75 Å². The van der Waals surface area contributed by atoms with E-state index >= 15 is 0 Å². The summed E-state index contributed by atoms with van der Waals surface area (Å²) in [4.78, 5) is 0. The molecule has 0 N–H and O–H groups in total. The molecule has 5 atom stereocenters. The highest BCUT2D eigenvalue weighted by Gasteiger charge is 2.49.